The zero-order valence-electron chi connectivity index (χ0n) is 19.3. The van der Waals surface area contributed by atoms with Crippen molar-refractivity contribution in [2.45, 2.75) is 6.61 Å². The van der Waals surface area contributed by atoms with Gasteiger partial charge in [0.05, 0.1) is 22.1 Å². The molecule has 1 heterocycles. The molecule has 5 rings (SSSR count). The minimum absolute atomic E-state index is 0.158. The molecular formula is C28H26N4O2. The van der Waals surface area contributed by atoms with Gasteiger partial charge in [0.2, 0.25) is 0 Å². The molecule has 1 aromatic heterocycles. The first-order valence-electron chi connectivity index (χ1n) is 11.3. The Morgan fingerprint density at radius 2 is 1.59 bits per heavy atom. The molecular weight excluding hydrogens is 424 g/mol. The summed E-state index contributed by atoms with van der Waals surface area (Å²) in [6.45, 7) is 1.78. The summed E-state index contributed by atoms with van der Waals surface area (Å²) in [6, 6.07) is 25.6. The number of nitrogens with one attached hydrogen (secondary N) is 1. The molecule has 0 spiro atoms. The number of aromatic nitrogens is 2. The second kappa shape index (κ2) is 9.45. The highest BCUT2D eigenvalue weighted by Gasteiger charge is 2.17. The first-order chi connectivity index (χ1) is 16.6. The van der Waals surface area contributed by atoms with Crippen molar-refractivity contribution >= 4 is 38.7 Å². The van der Waals surface area contributed by atoms with Crippen molar-refractivity contribution in [1.29, 1.82) is 0 Å². The van der Waals surface area contributed by atoms with Crippen molar-refractivity contribution < 1.29 is 9.53 Å². The van der Waals surface area contributed by atoms with Gasteiger partial charge in [-0.3, -0.25) is 4.79 Å². The van der Waals surface area contributed by atoms with Crippen molar-refractivity contribution in [3.8, 4) is 5.75 Å². The van der Waals surface area contributed by atoms with Crippen LogP contribution in [0.25, 0.3) is 32.8 Å². The Labute approximate surface area is 198 Å². The molecule has 6 heteroatoms. The molecule has 0 unspecified atom stereocenters. The van der Waals surface area contributed by atoms with E-state index in [1.807, 2.05) is 97.9 Å². The third-order valence-corrected chi connectivity index (χ3v) is 5.74. The van der Waals surface area contributed by atoms with Crippen LogP contribution in [0.3, 0.4) is 0 Å². The zero-order valence-corrected chi connectivity index (χ0v) is 19.3. The molecule has 0 aliphatic rings. The van der Waals surface area contributed by atoms with E-state index in [1.54, 1.807) is 0 Å². The molecule has 0 fully saturated rings. The SMILES string of the molecule is CN(C)CCNC(=O)c1cc2cc(OCc3ccccc3)ccc2c2nc3ccccc3nc12. The van der Waals surface area contributed by atoms with E-state index in [1.165, 1.54) is 0 Å². The minimum Gasteiger partial charge on any atom is -0.489 e. The highest BCUT2D eigenvalue weighted by Crippen LogP contribution is 2.31. The molecule has 0 radical (unpaired) electrons. The van der Waals surface area contributed by atoms with E-state index >= 15 is 0 Å². The van der Waals surface area contributed by atoms with Crippen molar-refractivity contribution in [3.63, 3.8) is 0 Å². The number of carbonyl (C=O) groups excluding carboxylic acids is 1. The number of amides is 1. The number of rotatable bonds is 7. The summed E-state index contributed by atoms with van der Waals surface area (Å²) < 4.78 is 6.03. The molecule has 0 bridgehead atoms. The molecule has 0 saturated carbocycles. The molecule has 0 aliphatic heterocycles. The van der Waals surface area contributed by atoms with Gasteiger partial charge in [0.1, 0.15) is 17.9 Å². The van der Waals surface area contributed by atoms with Crippen LogP contribution in [-0.4, -0.2) is 48.0 Å². The Hall–Kier alpha value is -4.03. The van der Waals surface area contributed by atoms with Crippen LogP contribution in [0.4, 0.5) is 0 Å². The summed E-state index contributed by atoms with van der Waals surface area (Å²) in [5.74, 6) is 0.581. The number of fused-ring (bicyclic) bond motifs is 4. The zero-order chi connectivity index (χ0) is 23.5. The third-order valence-electron chi connectivity index (χ3n) is 5.74. The van der Waals surface area contributed by atoms with Crippen LogP contribution in [0.2, 0.25) is 0 Å². The number of carbonyl (C=O) groups is 1. The van der Waals surface area contributed by atoms with Gasteiger partial charge in [-0.15, -0.1) is 0 Å². The summed E-state index contributed by atoms with van der Waals surface area (Å²) >= 11 is 0. The molecule has 6 nitrogen and oxygen atoms in total. The maximum Gasteiger partial charge on any atom is 0.253 e. The highest BCUT2D eigenvalue weighted by molar-refractivity contribution is 6.15. The first-order valence-corrected chi connectivity index (χ1v) is 11.3. The number of benzene rings is 4. The van der Waals surface area contributed by atoms with E-state index in [2.05, 4.69) is 5.32 Å². The van der Waals surface area contributed by atoms with Crippen molar-refractivity contribution in [1.82, 2.24) is 20.2 Å². The fraction of sp³-hybridized carbons (Fsp3) is 0.179. The monoisotopic (exact) mass is 450 g/mol. The Bertz CT molecular complexity index is 1480. The average Bonchev–Trinajstić information content (AvgIpc) is 2.86. The second-order valence-corrected chi connectivity index (χ2v) is 8.55. The van der Waals surface area contributed by atoms with Crippen LogP contribution < -0.4 is 10.1 Å². The maximum absolute atomic E-state index is 13.2. The molecule has 34 heavy (non-hydrogen) atoms. The van der Waals surface area contributed by atoms with Crippen LogP contribution >= 0.6 is 0 Å². The smallest absolute Gasteiger partial charge is 0.253 e. The number of hydrogen-bond donors (Lipinski definition) is 1. The van der Waals surface area contributed by atoms with Gasteiger partial charge in [0, 0.05) is 18.5 Å². The summed E-state index contributed by atoms with van der Waals surface area (Å²) in [4.78, 5) is 24.9. The topological polar surface area (TPSA) is 67.4 Å². The van der Waals surface area contributed by atoms with E-state index in [0.717, 1.165) is 39.7 Å². The number of para-hydroxylation sites is 2. The van der Waals surface area contributed by atoms with Gasteiger partial charge in [-0.25, -0.2) is 9.97 Å². The Morgan fingerprint density at radius 3 is 2.32 bits per heavy atom. The predicted molar refractivity (Wildman–Crippen MR) is 136 cm³/mol. The molecule has 4 aromatic carbocycles. The van der Waals surface area contributed by atoms with Crippen LogP contribution in [0.1, 0.15) is 15.9 Å². The lowest BCUT2D eigenvalue weighted by molar-refractivity contribution is 0.0952. The highest BCUT2D eigenvalue weighted by atomic mass is 16.5. The minimum atomic E-state index is -0.158. The Kier molecular flexibility index (Phi) is 6.06. The molecule has 170 valence electrons. The van der Waals surface area contributed by atoms with Crippen LogP contribution in [0, 0.1) is 0 Å². The van der Waals surface area contributed by atoms with Gasteiger partial charge < -0.3 is 15.0 Å². The van der Waals surface area contributed by atoms with Crippen LogP contribution in [0.15, 0.2) is 78.9 Å². The normalized spacial score (nSPS) is 11.4. The Balaban J connectivity index is 1.59. The predicted octanol–water partition coefficient (Wildman–Crippen LogP) is 4.81. The third kappa shape index (κ3) is 4.54. The molecule has 0 atom stereocenters. The lowest BCUT2D eigenvalue weighted by Gasteiger charge is -2.14. The van der Waals surface area contributed by atoms with Gasteiger partial charge >= 0.3 is 0 Å². The van der Waals surface area contributed by atoms with E-state index in [-0.39, 0.29) is 5.91 Å². The van der Waals surface area contributed by atoms with E-state index in [0.29, 0.717) is 29.7 Å². The summed E-state index contributed by atoms with van der Waals surface area (Å²) in [5, 5.41) is 4.84. The fourth-order valence-corrected chi connectivity index (χ4v) is 3.97. The standard InChI is InChI=1S/C28H26N4O2/c1-32(2)15-14-29-28(33)23-17-20-16-21(34-18-19-8-4-3-5-9-19)12-13-22(20)26-27(23)31-25-11-7-6-10-24(25)30-26/h3-13,16-17H,14-15,18H2,1-2H3,(H,29,33). The number of likely N-dealkylation sites (N-methyl/N-ethyl adjacent to an activating group) is 1. The quantitative estimate of drug-likeness (QED) is 0.285. The van der Waals surface area contributed by atoms with Crippen molar-refractivity contribution in [2.75, 3.05) is 27.2 Å². The van der Waals surface area contributed by atoms with Crippen LogP contribution in [0.5, 0.6) is 5.75 Å². The summed E-state index contributed by atoms with van der Waals surface area (Å²) in [5.41, 5.74) is 4.49. The van der Waals surface area contributed by atoms with Crippen molar-refractivity contribution in [3.05, 3.63) is 90.0 Å². The number of hydrogen-bond acceptors (Lipinski definition) is 5. The lowest BCUT2D eigenvalue weighted by atomic mass is 10.0. The molecule has 5 aromatic rings. The number of nitrogens with zero attached hydrogens (tertiary/aromatic N) is 3. The summed E-state index contributed by atoms with van der Waals surface area (Å²) in [6.07, 6.45) is 0. The van der Waals surface area contributed by atoms with Crippen LogP contribution in [-0.2, 0) is 6.61 Å². The van der Waals surface area contributed by atoms with Gasteiger partial charge in [-0.2, -0.15) is 0 Å². The van der Waals surface area contributed by atoms with Gasteiger partial charge in [-0.05, 0) is 61.4 Å². The van der Waals surface area contributed by atoms with E-state index in [4.69, 9.17) is 14.7 Å². The fourth-order valence-electron chi connectivity index (χ4n) is 3.97. The molecule has 0 saturated heterocycles. The van der Waals surface area contributed by atoms with Gasteiger partial charge in [0.25, 0.3) is 5.91 Å². The van der Waals surface area contributed by atoms with Crippen molar-refractivity contribution in [2.24, 2.45) is 0 Å². The van der Waals surface area contributed by atoms with Gasteiger partial charge in [0.15, 0.2) is 0 Å². The Morgan fingerprint density at radius 1 is 0.882 bits per heavy atom. The maximum atomic E-state index is 13.2. The lowest BCUT2D eigenvalue weighted by Crippen LogP contribution is -2.31. The molecule has 1 amide bonds. The first kappa shape index (κ1) is 21.8. The second-order valence-electron chi connectivity index (χ2n) is 8.55. The van der Waals surface area contributed by atoms with E-state index in [9.17, 15) is 4.79 Å². The molecule has 1 N–H and O–H groups in total. The average molecular weight is 451 g/mol. The van der Waals surface area contributed by atoms with E-state index < -0.39 is 0 Å². The summed E-state index contributed by atoms with van der Waals surface area (Å²) in [7, 11) is 3.96. The largest absolute Gasteiger partial charge is 0.489 e. The van der Waals surface area contributed by atoms with Gasteiger partial charge in [-0.1, -0.05) is 42.5 Å². The molecule has 0 aliphatic carbocycles. The number of ether oxygens (including phenoxy) is 1.